The number of allylic oxidation sites excluding steroid dienone is 4. The topological polar surface area (TPSA) is 719 Å². The number of ketones is 2. The minimum Gasteiger partial charge on any atom is -0.486 e. The first-order chi connectivity index (χ1) is 67.1. The van der Waals surface area contributed by atoms with E-state index >= 15 is 8.78 Å². The Morgan fingerprint density at radius 3 is 1.54 bits per heavy atom. The molecule has 30 rings (SSSR count). The Labute approximate surface area is 807 Å². The zero-order valence-electron chi connectivity index (χ0n) is 78.5. The van der Waals surface area contributed by atoms with Gasteiger partial charge in [-0.15, -0.1) is 5.10 Å². The van der Waals surface area contributed by atoms with Gasteiger partial charge in [0.15, 0.2) is 61.1 Å². The number of alkyl halides is 2. The molecule has 141 heavy (non-hydrogen) atoms. The van der Waals surface area contributed by atoms with Crippen molar-refractivity contribution in [3.8, 4) is 5.75 Å². The van der Waals surface area contributed by atoms with Gasteiger partial charge in [0.1, 0.15) is 196 Å². The number of nitrogens with one attached hydrogen (secondary N) is 4. The molecular formula is C91H134F2N8O40. The number of amides is 4. The maximum absolute atomic E-state index is 18.1. The summed E-state index contributed by atoms with van der Waals surface area (Å²) in [6.07, 6.45) is -59.7. The number of halogens is 2. The zero-order chi connectivity index (χ0) is 102. The second kappa shape index (κ2) is 45.2. The molecule has 1 aromatic heterocycles. The highest BCUT2D eigenvalue weighted by molar-refractivity contribution is 6.01. The van der Waals surface area contributed by atoms with Crippen LogP contribution < -0.4 is 31.7 Å². The summed E-state index contributed by atoms with van der Waals surface area (Å²) in [6.45, 7) is 3.22. The molecule has 24 N–H and O–H groups in total. The van der Waals surface area contributed by atoms with Crippen molar-refractivity contribution in [2.24, 2.45) is 34.3 Å². The van der Waals surface area contributed by atoms with Crippen LogP contribution >= 0.6 is 0 Å². The molecule has 23 saturated heterocycles. The van der Waals surface area contributed by atoms with Crippen LogP contribution in [0.25, 0.3) is 0 Å². The van der Waals surface area contributed by atoms with E-state index in [4.69, 9.17) is 81.5 Å². The van der Waals surface area contributed by atoms with Crippen LogP contribution in [-0.2, 0) is 113 Å². The minimum absolute atomic E-state index is 0.0252. The fraction of sp³-hybridized carbons (Fsp3) is 0.802. The Hall–Kier alpha value is -6.64. The number of hydrogen-bond donors (Lipinski definition) is 23. The number of carbonyl (C=O) groups is 6. The third-order valence-corrected chi connectivity index (χ3v) is 30.3. The van der Waals surface area contributed by atoms with Crippen LogP contribution in [0.3, 0.4) is 0 Å². The molecule has 792 valence electrons. The molecule has 2 aromatic rings. The summed E-state index contributed by atoms with van der Waals surface area (Å²) >= 11 is 0. The quantitative estimate of drug-likeness (QED) is 0.0352. The standard InChI is InChI=1S/C91H134F2N8O40/c1-7-13-58-134-56-26-41-42-25-44(92)43-24-39(107)21-22-88(43,5)90(42,93)54(108)27-89(41,6)91(56,141-58)55(109)34-126-40-19-17-38(18-20-40)97-79(123)37(4)96-81(125)59(36(2)3)98-80(124)45(94)14-11-12-23-95-57(110)35-127-47-16-10-8-9-15-46-60(47)99-100-101(46)28-48-73-61(111)67(117)82(128-48)136-74-49(29-102)130-84(69(119)63(74)113)138-76-51(31-104)132-86(71(121)65(76)115)140-78-53(33-106)133-87(72(122)66(78)116)139-77-52(32-105)131-85(70(120)64(77)114)137-75-50(30-103)129-83(135-73)68(118)62(75)112/h17-22,24,36-37,41-42,44-45,47-54,56,58-59,61-78,82-87,102-106,108,111-122H,7-16,23,25-35,94H2,1-6H3,(H,95,110)(H,96,125)(H,97,123)(H,98,124)/t37-,41-,42-,44-,45+,47?,48?,49?,50?,51?,52?,53?,54-,56+,58?,59-,61?,62?,63?,64?,65?,66?,67?,68?,69?,70?,71?,72?,73?,74?,75?,76?,77?,78?,82?,83?,84?,85?,86?,87?,88-,89-,90-,91+/m0/s1. The molecule has 12 bridgehead atoms. The molecule has 48 nitrogen and oxygen atoms in total. The molecule has 1 aromatic carbocycles. The number of nitrogens with zero attached hydrogens (tertiary/aromatic N) is 3. The van der Waals surface area contributed by atoms with Crippen molar-refractivity contribution in [3.63, 3.8) is 0 Å². The van der Waals surface area contributed by atoms with Crippen molar-refractivity contribution in [2.75, 3.05) is 58.1 Å². The van der Waals surface area contributed by atoms with Crippen molar-refractivity contribution < 1.29 is 205 Å². The Morgan fingerprint density at radius 2 is 1.06 bits per heavy atom. The van der Waals surface area contributed by atoms with Gasteiger partial charge in [0.2, 0.25) is 29.4 Å². The van der Waals surface area contributed by atoms with Crippen LogP contribution in [0.4, 0.5) is 14.5 Å². The van der Waals surface area contributed by atoms with Crippen LogP contribution in [0.1, 0.15) is 136 Å². The number of unbranched alkanes of at least 4 members (excludes halogenated alkanes) is 1. The lowest BCUT2D eigenvalue weighted by molar-refractivity contribution is -0.403. The molecule has 50 heteroatoms. The van der Waals surface area contributed by atoms with E-state index in [-0.39, 0.29) is 61.4 Å². The average Bonchev–Trinajstić information content (AvgIpc) is 1.49. The summed E-state index contributed by atoms with van der Waals surface area (Å²) in [6, 6.07) is 2.62. The number of nitrogens with two attached hydrogens (primary N) is 1. The van der Waals surface area contributed by atoms with E-state index in [0.29, 0.717) is 57.1 Å². The first-order valence-electron chi connectivity index (χ1n) is 48.2. The van der Waals surface area contributed by atoms with Crippen molar-refractivity contribution in [1.29, 1.82) is 0 Å². The lowest BCUT2D eigenvalue weighted by atomic mass is 9.44. The molecule has 23 aliphatic heterocycles. The number of aromatic nitrogens is 3. The van der Waals surface area contributed by atoms with E-state index in [2.05, 4.69) is 31.6 Å². The molecule has 0 spiro atoms. The van der Waals surface area contributed by atoms with E-state index in [1.165, 1.54) is 54.9 Å². The second-order valence-corrected chi connectivity index (χ2v) is 39.6. The fourth-order valence-electron chi connectivity index (χ4n) is 22.5. The number of anilines is 1. The summed E-state index contributed by atoms with van der Waals surface area (Å²) < 4.78 is 132. The van der Waals surface area contributed by atoms with Crippen molar-refractivity contribution >= 4 is 40.9 Å². The van der Waals surface area contributed by atoms with Gasteiger partial charge < -0.3 is 195 Å². The van der Waals surface area contributed by atoms with Crippen molar-refractivity contribution in [2.45, 2.75) is 376 Å². The molecule has 26 fully saturated rings. The predicted molar refractivity (Wildman–Crippen MR) is 466 cm³/mol. The smallest absolute Gasteiger partial charge is 0.246 e. The highest BCUT2D eigenvalue weighted by Crippen LogP contribution is 2.72. The van der Waals surface area contributed by atoms with Gasteiger partial charge in [-0.05, 0) is 132 Å². The highest BCUT2D eigenvalue weighted by atomic mass is 19.1. The molecule has 28 aliphatic rings. The number of benzene rings is 1. The molecule has 32 unspecified atom stereocenters. The first-order valence-corrected chi connectivity index (χ1v) is 48.2. The molecule has 5 aliphatic carbocycles. The lowest BCUT2D eigenvalue weighted by Crippen LogP contribution is -2.71. The van der Waals surface area contributed by atoms with Crippen molar-refractivity contribution in [1.82, 2.24) is 30.9 Å². The van der Waals surface area contributed by atoms with Crippen LogP contribution in [0, 0.1) is 28.6 Å². The second-order valence-electron chi connectivity index (χ2n) is 39.6. The summed E-state index contributed by atoms with van der Waals surface area (Å²) in [5, 5.41) is 226. The number of ether oxygens (including phenoxy) is 16. The van der Waals surface area contributed by atoms with E-state index in [0.717, 1.165) is 6.08 Å². The number of aliphatic hydroxyl groups excluding tert-OH is 18. The number of Topliss-reactive ketones (excluding diaryl/α,β-unsaturated/α-hetero) is 1. The van der Waals surface area contributed by atoms with Gasteiger partial charge in [-0.25, -0.2) is 13.5 Å². The van der Waals surface area contributed by atoms with E-state index < -0.39 is 361 Å². The fourth-order valence-corrected chi connectivity index (χ4v) is 22.5. The summed E-state index contributed by atoms with van der Waals surface area (Å²) in [5.74, 6) is -5.58. The predicted octanol–water partition coefficient (Wildman–Crippen LogP) is -7.53. The SMILES string of the molecule is CCCC1O[C@@H]2C[C@H]3[C@@H]4C[C@H](F)C5=CC(=O)C=C[C@]5(C)[C@@]4(F)[C@@H](O)C[C@]3(C)[C@]2(C(=O)COc2ccc(NC(=O)[C@H](C)NC(=O)[C@@H](NC(=O)[C@H](N)CCCCNC(=O)COC3CCCCCc4c3nnn4CC3OC4OC5C(CO)OC(OC6C(CO)OC(OC7C(CO)OC(OC8C(CO)OC(OC9C(CO)OC(OC3C(O)C4O)C(O)C9O)C(O)C8O)C(O)C7O)C(O)C6O)C(O)C5O)C(C)C)cc2)O1. The van der Waals surface area contributed by atoms with E-state index in [1.807, 2.05) is 6.92 Å². The highest BCUT2D eigenvalue weighted by Gasteiger charge is 2.80. The zero-order valence-corrected chi connectivity index (χ0v) is 78.5. The monoisotopic (exact) mass is 2020 g/mol. The average molecular weight is 2020 g/mol. The van der Waals surface area contributed by atoms with Gasteiger partial charge in [0.05, 0.1) is 63.5 Å². The molecule has 0 radical (unpaired) electrons. The Bertz CT molecular complexity index is 4660. The van der Waals surface area contributed by atoms with Gasteiger partial charge in [0, 0.05) is 29.0 Å². The number of rotatable bonds is 28. The Balaban J connectivity index is 0.549. The Kier molecular flexibility index (Phi) is 34.8. The lowest BCUT2D eigenvalue weighted by Gasteiger charge is -2.63. The van der Waals surface area contributed by atoms with Crippen LogP contribution in [0.15, 0.2) is 48.1 Å². The van der Waals surface area contributed by atoms with Crippen LogP contribution in [-0.4, -0.2) is 433 Å². The minimum atomic E-state index is -2.40. The number of fused-ring (bicyclic) bond motifs is 8. The largest absolute Gasteiger partial charge is 0.486 e. The van der Waals surface area contributed by atoms with Crippen molar-refractivity contribution in [3.05, 3.63) is 59.5 Å². The summed E-state index contributed by atoms with van der Waals surface area (Å²) in [4.78, 5) is 81.9. The Morgan fingerprint density at radius 1 is 0.582 bits per heavy atom. The maximum Gasteiger partial charge on any atom is 0.246 e. The normalized spacial score (nSPS) is 43.6. The molecule has 4 amide bonds. The maximum atomic E-state index is 18.1. The molecule has 44 atom stereocenters. The molecular weight excluding hydrogens is 1880 g/mol. The van der Waals surface area contributed by atoms with Gasteiger partial charge in [-0.2, -0.15) is 0 Å². The van der Waals surface area contributed by atoms with E-state index in [9.17, 15) is 121 Å². The van der Waals surface area contributed by atoms with Gasteiger partial charge >= 0.3 is 0 Å². The van der Waals surface area contributed by atoms with Crippen LogP contribution in [0.5, 0.6) is 5.75 Å². The van der Waals surface area contributed by atoms with Crippen LogP contribution in [0.2, 0.25) is 0 Å². The number of hydrogen-bond acceptors (Lipinski definition) is 43. The first kappa shape index (κ1) is 109. The van der Waals surface area contributed by atoms with Gasteiger partial charge in [-0.1, -0.05) is 58.2 Å². The van der Waals surface area contributed by atoms with Gasteiger partial charge in [0.25, 0.3) is 0 Å². The third kappa shape index (κ3) is 21.2. The van der Waals surface area contributed by atoms with E-state index in [1.54, 1.807) is 20.8 Å². The molecule has 3 saturated carbocycles. The third-order valence-electron chi connectivity index (χ3n) is 30.3. The number of carbonyl (C=O) groups excluding carboxylic acids is 6. The van der Waals surface area contributed by atoms with Gasteiger partial charge in [-0.3, -0.25) is 28.8 Å². The summed E-state index contributed by atoms with van der Waals surface area (Å²) in [5.41, 5.74) is 0.282. The molecule has 24 heterocycles. The number of aliphatic hydroxyl groups is 18. The summed E-state index contributed by atoms with van der Waals surface area (Å²) in [7, 11) is 0.